The zero-order valence-corrected chi connectivity index (χ0v) is 6.16. The van der Waals surface area contributed by atoms with Gasteiger partial charge in [0.05, 0.1) is 0 Å². The average molecular weight is 130 g/mol. The smallest absolute Gasteiger partial charge is 0.00979 e. The van der Waals surface area contributed by atoms with E-state index in [1.807, 2.05) is 6.08 Å². The van der Waals surface area contributed by atoms with Gasteiger partial charge in [-0.1, -0.05) is 12.5 Å². The van der Waals surface area contributed by atoms with Crippen molar-refractivity contribution in [2.24, 2.45) is 0 Å². The molecule has 0 rings (SSSR count). The Morgan fingerprint density at radius 1 is 1.25 bits per heavy atom. The third-order valence-corrected chi connectivity index (χ3v) is 1.38. The number of allylic oxidation sites excluding steroid dienone is 1. The topological polar surface area (TPSA) is 0 Å². The van der Waals surface area contributed by atoms with Crippen LogP contribution < -0.4 is 0 Å². The predicted octanol–water partition coefficient (Wildman–Crippen LogP) is 2.66. The number of unbranched alkanes of at least 4 members (excludes halogenated alkanes) is 3. The lowest BCUT2D eigenvalue weighted by Gasteiger charge is -1.91. The van der Waals surface area contributed by atoms with E-state index in [1.165, 1.54) is 19.3 Å². The van der Waals surface area contributed by atoms with E-state index in [2.05, 4.69) is 19.2 Å². The molecule has 0 saturated carbocycles. The molecule has 1 heteroatoms. The summed E-state index contributed by atoms with van der Waals surface area (Å²) in [5.41, 5.74) is 0. The van der Waals surface area contributed by atoms with Crippen LogP contribution in [0, 0.1) is 0 Å². The molecule has 0 saturated heterocycles. The molecule has 0 unspecified atom stereocenters. The third kappa shape index (κ3) is 6.09. The molecular weight excluding hydrogens is 116 g/mol. The number of hydrogen-bond donors (Lipinski definition) is 1. The maximum absolute atomic E-state index is 4.10. The number of hydrogen-bond acceptors (Lipinski definition) is 1. The van der Waals surface area contributed by atoms with Crippen LogP contribution >= 0.6 is 12.6 Å². The highest BCUT2D eigenvalue weighted by molar-refractivity contribution is 7.80. The molecule has 48 valence electrons. The van der Waals surface area contributed by atoms with Crippen molar-refractivity contribution in [2.45, 2.75) is 25.7 Å². The normalized spacial score (nSPS) is 9.12. The van der Waals surface area contributed by atoms with Gasteiger partial charge >= 0.3 is 0 Å². The van der Waals surface area contributed by atoms with Gasteiger partial charge in [0, 0.05) is 0 Å². The van der Waals surface area contributed by atoms with Crippen LogP contribution in [-0.2, 0) is 0 Å². The second-order valence-electron chi connectivity index (χ2n) is 1.86. The summed E-state index contributed by atoms with van der Waals surface area (Å²) in [4.78, 5) is 0. The van der Waals surface area contributed by atoms with Gasteiger partial charge < -0.3 is 0 Å². The first kappa shape index (κ1) is 8.09. The molecule has 0 aromatic heterocycles. The van der Waals surface area contributed by atoms with Gasteiger partial charge in [-0.25, -0.2) is 0 Å². The fraction of sp³-hybridized carbons (Fsp3) is 0.714. The fourth-order valence-corrected chi connectivity index (χ4v) is 0.801. The molecule has 0 aliphatic rings. The lowest BCUT2D eigenvalue weighted by Crippen LogP contribution is -1.75. The largest absolute Gasteiger partial charge is 0.179 e. The summed E-state index contributed by atoms with van der Waals surface area (Å²) in [6, 6.07) is 0. The first-order valence-corrected chi connectivity index (χ1v) is 3.77. The monoisotopic (exact) mass is 130 g/mol. The molecule has 0 amide bonds. The van der Waals surface area contributed by atoms with Gasteiger partial charge in [-0.15, -0.1) is 6.58 Å². The second kappa shape index (κ2) is 7.09. The Bertz CT molecular complexity index is 50.3. The van der Waals surface area contributed by atoms with Crippen molar-refractivity contribution in [3.05, 3.63) is 12.7 Å². The summed E-state index contributed by atoms with van der Waals surface area (Å²) >= 11 is 4.10. The Morgan fingerprint density at radius 2 is 2.00 bits per heavy atom. The molecule has 0 N–H and O–H groups in total. The Labute approximate surface area is 57.4 Å². The zero-order valence-electron chi connectivity index (χ0n) is 5.27. The molecule has 0 aliphatic heterocycles. The molecule has 0 aromatic rings. The number of thiol groups is 1. The van der Waals surface area contributed by atoms with E-state index in [-0.39, 0.29) is 0 Å². The molecule has 0 bridgehead atoms. The molecule has 0 heterocycles. The van der Waals surface area contributed by atoms with Crippen LogP contribution in [0.5, 0.6) is 0 Å². The zero-order chi connectivity index (χ0) is 6.24. The van der Waals surface area contributed by atoms with E-state index in [1.54, 1.807) is 0 Å². The van der Waals surface area contributed by atoms with Gasteiger partial charge in [0.15, 0.2) is 0 Å². The van der Waals surface area contributed by atoms with Crippen molar-refractivity contribution in [1.29, 1.82) is 0 Å². The molecule has 8 heavy (non-hydrogen) atoms. The van der Waals surface area contributed by atoms with Gasteiger partial charge in [0.2, 0.25) is 0 Å². The minimum atomic E-state index is 1.02. The summed E-state index contributed by atoms with van der Waals surface area (Å²) in [5.74, 6) is 1.02. The van der Waals surface area contributed by atoms with Gasteiger partial charge in [-0.05, 0) is 25.0 Å². The first-order chi connectivity index (χ1) is 3.91. The average Bonchev–Trinajstić information content (AvgIpc) is 1.81. The van der Waals surface area contributed by atoms with Crippen LogP contribution in [-0.4, -0.2) is 5.75 Å². The lowest BCUT2D eigenvalue weighted by atomic mass is 10.2. The lowest BCUT2D eigenvalue weighted by molar-refractivity contribution is 0.736. The van der Waals surface area contributed by atoms with Gasteiger partial charge in [0.25, 0.3) is 0 Å². The van der Waals surface area contributed by atoms with Crippen LogP contribution in [0.2, 0.25) is 0 Å². The Balaban J connectivity index is 2.62. The van der Waals surface area contributed by atoms with E-state index in [0.717, 1.165) is 12.2 Å². The van der Waals surface area contributed by atoms with Crippen LogP contribution in [0.4, 0.5) is 0 Å². The van der Waals surface area contributed by atoms with E-state index in [4.69, 9.17) is 0 Å². The van der Waals surface area contributed by atoms with Crippen molar-refractivity contribution in [2.75, 3.05) is 5.75 Å². The summed E-state index contributed by atoms with van der Waals surface area (Å²) in [6.45, 7) is 3.64. The van der Waals surface area contributed by atoms with E-state index in [9.17, 15) is 0 Å². The molecule has 0 spiro atoms. The van der Waals surface area contributed by atoms with Gasteiger partial charge in [-0.2, -0.15) is 12.6 Å². The summed E-state index contributed by atoms with van der Waals surface area (Å²) in [5, 5.41) is 0. The summed E-state index contributed by atoms with van der Waals surface area (Å²) < 4.78 is 0. The minimum absolute atomic E-state index is 1.02. The summed E-state index contributed by atoms with van der Waals surface area (Å²) in [6.07, 6.45) is 6.96. The Hall–Kier alpha value is 0.0900. The van der Waals surface area contributed by atoms with Crippen molar-refractivity contribution in [3.8, 4) is 0 Å². The second-order valence-corrected chi connectivity index (χ2v) is 2.31. The van der Waals surface area contributed by atoms with Crippen molar-refractivity contribution in [1.82, 2.24) is 0 Å². The van der Waals surface area contributed by atoms with E-state index < -0.39 is 0 Å². The highest BCUT2D eigenvalue weighted by Crippen LogP contribution is 1.99. The maximum atomic E-state index is 4.10. The molecule has 0 aromatic carbocycles. The molecule has 0 atom stereocenters. The maximum Gasteiger partial charge on any atom is -0.00979 e. The third-order valence-electron chi connectivity index (χ3n) is 1.07. The van der Waals surface area contributed by atoms with Crippen LogP contribution in [0.3, 0.4) is 0 Å². The van der Waals surface area contributed by atoms with Crippen molar-refractivity contribution >= 4 is 12.6 Å². The first-order valence-electron chi connectivity index (χ1n) is 3.13. The number of rotatable bonds is 5. The van der Waals surface area contributed by atoms with Crippen LogP contribution in [0.25, 0.3) is 0 Å². The minimum Gasteiger partial charge on any atom is -0.179 e. The molecule has 0 radical (unpaired) electrons. The van der Waals surface area contributed by atoms with E-state index >= 15 is 0 Å². The van der Waals surface area contributed by atoms with E-state index in [0.29, 0.717) is 0 Å². The molecular formula is C7H14S. The van der Waals surface area contributed by atoms with Crippen molar-refractivity contribution < 1.29 is 0 Å². The Kier molecular flexibility index (Phi) is 7.17. The highest BCUT2D eigenvalue weighted by atomic mass is 32.1. The van der Waals surface area contributed by atoms with Gasteiger partial charge in [-0.3, -0.25) is 0 Å². The highest BCUT2D eigenvalue weighted by Gasteiger charge is 1.81. The summed E-state index contributed by atoms with van der Waals surface area (Å²) in [7, 11) is 0. The SMILES string of the molecule is C=CCCCCCS. The van der Waals surface area contributed by atoms with Gasteiger partial charge in [0.1, 0.15) is 0 Å². The molecule has 0 aliphatic carbocycles. The van der Waals surface area contributed by atoms with Crippen LogP contribution in [0.15, 0.2) is 12.7 Å². The Morgan fingerprint density at radius 3 is 2.50 bits per heavy atom. The molecule has 0 fully saturated rings. The van der Waals surface area contributed by atoms with Crippen molar-refractivity contribution in [3.63, 3.8) is 0 Å². The standard InChI is InChI=1S/C7H14S/c1-2-3-4-5-6-7-8/h2,8H,1,3-7H2. The fourth-order valence-electron chi connectivity index (χ4n) is 0.577. The molecule has 0 nitrogen and oxygen atoms in total. The van der Waals surface area contributed by atoms with Crippen LogP contribution in [0.1, 0.15) is 25.7 Å². The predicted molar refractivity (Wildman–Crippen MR) is 42.5 cm³/mol. The quantitative estimate of drug-likeness (QED) is 0.330.